The van der Waals surface area contributed by atoms with Crippen molar-refractivity contribution in [3.63, 3.8) is 0 Å². The van der Waals surface area contributed by atoms with Crippen LogP contribution in [0.5, 0.6) is 0 Å². The smallest absolute Gasteiger partial charge is 0.160 e. The Bertz CT molecular complexity index is 2810. The molecular formula is C54H36N2. The molecule has 262 valence electrons. The van der Waals surface area contributed by atoms with Gasteiger partial charge in [-0.2, -0.15) is 0 Å². The predicted octanol–water partition coefficient (Wildman–Crippen LogP) is 14.5. The van der Waals surface area contributed by atoms with Gasteiger partial charge in [0.15, 0.2) is 5.82 Å². The third kappa shape index (κ3) is 6.44. The van der Waals surface area contributed by atoms with E-state index in [4.69, 9.17) is 9.97 Å². The average Bonchev–Trinajstić information content (AvgIpc) is 3.29. The summed E-state index contributed by atoms with van der Waals surface area (Å²) in [5.74, 6) is 0.684. The number of nitrogens with zero attached hydrogens (tertiary/aromatic N) is 2. The molecule has 0 spiro atoms. The molecule has 10 rings (SSSR count). The molecule has 0 saturated carbocycles. The minimum absolute atomic E-state index is 0.684. The van der Waals surface area contributed by atoms with Gasteiger partial charge in [-0.25, -0.2) is 9.97 Å². The normalized spacial score (nSPS) is 11.2. The van der Waals surface area contributed by atoms with E-state index in [0.717, 1.165) is 50.3 Å². The molecular weight excluding hydrogens is 677 g/mol. The van der Waals surface area contributed by atoms with Crippen LogP contribution < -0.4 is 0 Å². The van der Waals surface area contributed by atoms with E-state index in [-0.39, 0.29) is 0 Å². The summed E-state index contributed by atoms with van der Waals surface area (Å²) in [6.07, 6.45) is 0. The van der Waals surface area contributed by atoms with Crippen molar-refractivity contribution in [2.45, 2.75) is 0 Å². The van der Waals surface area contributed by atoms with Crippen LogP contribution >= 0.6 is 0 Å². The molecule has 0 radical (unpaired) electrons. The van der Waals surface area contributed by atoms with Gasteiger partial charge in [0.05, 0.1) is 11.4 Å². The molecule has 0 aliphatic carbocycles. The molecule has 0 saturated heterocycles. The van der Waals surface area contributed by atoms with Gasteiger partial charge in [-0.15, -0.1) is 0 Å². The zero-order valence-corrected chi connectivity index (χ0v) is 30.7. The van der Waals surface area contributed by atoms with Crippen molar-refractivity contribution in [3.8, 4) is 78.4 Å². The van der Waals surface area contributed by atoms with Crippen molar-refractivity contribution in [2.24, 2.45) is 0 Å². The first kappa shape index (κ1) is 33.2. The van der Waals surface area contributed by atoms with Crippen LogP contribution in [0, 0.1) is 0 Å². The van der Waals surface area contributed by atoms with Gasteiger partial charge in [0.2, 0.25) is 0 Å². The molecule has 2 nitrogen and oxygen atoms in total. The Morgan fingerprint density at radius 2 is 0.589 bits per heavy atom. The average molecular weight is 713 g/mol. The van der Waals surface area contributed by atoms with Gasteiger partial charge < -0.3 is 0 Å². The summed E-state index contributed by atoms with van der Waals surface area (Å²) >= 11 is 0. The highest BCUT2D eigenvalue weighted by Crippen LogP contribution is 2.38. The van der Waals surface area contributed by atoms with Crippen LogP contribution in [0.1, 0.15) is 0 Å². The van der Waals surface area contributed by atoms with E-state index >= 15 is 0 Å². The monoisotopic (exact) mass is 712 g/mol. The lowest BCUT2D eigenvalue weighted by Crippen LogP contribution is -1.97. The summed E-state index contributed by atoms with van der Waals surface area (Å²) in [5, 5.41) is 4.95. The summed E-state index contributed by atoms with van der Waals surface area (Å²) < 4.78 is 0. The van der Waals surface area contributed by atoms with Crippen LogP contribution in [0.4, 0.5) is 0 Å². The zero-order chi connectivity index (χ0) is 37.3. The van der Waals surface area contributed by atoms with Gasteiger partial charge in [-0.3, -0.25) is 0 Å². The summed E-state index contributed by atoms with van der Waals surface area (Å²) in [4.78, 5) is 10.5. The SMILES string of the molecule is c1ccc(-c2cc(-c3ccccc3)nc(-c3cc(-c4cccc(-c5cccc6ccccc56)c4)cc(-c4cccc(-c5cccc6ccccc56)c4)c3)n2)cc1. The first-order valence-electron chi connectivity index (χ1n) is 19.1. The second kappa shape index (κ2) is 14.4. The molecule has 56 heavy (non-hydrogen) atoms. The number of hydrogen-bond donors (Lipinski definition) is 0. The number of benzene rings is 9. The van der Waals surface area contributed by atoms with Gasteiger partial charge in [-0.1, -0.05) is 182 Å². The van der Waals surface area contributed by atoms with E-state index in [1.54, 1.807) is 0 Å². The summed E-state index contributed by atoms with van der Waals surface area (Å²) in [7, 11) is 0. The Morgan fingerprint density at radius 1 is 0.232 bits per heavy atom. The van der Waals surface area contributed by atoms with E-state index in [1.807, 2.05) is 12.1 Å². The third-order valence-electron chi connectivity index (χ3n) is 10.6. The second-order valence-corrected chi connectivity index (χ2v) is 14.2. The maximum atomic E-state index is 5.26. The Labute approximate surface area is 327 Å². The minimum Gasteiger partial charge on any atom is -0.228 e. The molecule has 9 aromatic carbocycles. The fourth-order valence-electron chi connectivity index (χ4n) is 7.87. The lowest BCUT2D eigenvalue weighted by atomic mass is 9.91. The molecule has 0 bridgehead atoms. The molecule has 0 aliphatic rings. The van der Waals surface area contributed by atoms with Crippen molar-refractivity contribution >= 4 is 21.5 Å². The molecule has 10 aromatic rings. The maximum Gasteiger partial charge on any atom is 0.160 e. The van der Waals surface area contributed by atoms with Gasteiger partial charge in [-0.05, 0) is 102 Å². The van der Waals surface area contributed by atoms with Crippen LogP contribution in [0.15, 0.2) is 218 Å². The third-order valence-corrected chi connectivity index (χ3v) is 10.6. The fraction of sp³-hybridized carbons (Fsp3) is 0. The molecule has 0 fully saturated rings. The van der Waals surface area contributed by atoms with E-state index < -0.39 is 0 Å². The molecule has 2 heteroatoms. The largest absolute Gasteiger partial charge is 0.228 e. The molecule has 0 amide bonds. The lowest BCUT2D eigenvalue weighted by molar-refractivity contribution is 1.18. The Hall–Kier alpha value is -7.42. The van der Waals surface area contributed by atoms with Crippen LogP contribution in [0.2, 0.25) is 0 Å². The van der Waals surface area contributed by atoms with Crippen molar-refractivity contribution in [2.75, 3.05) is 0 Å². The molecule has 0 aliphatic heterocycles. The fourth-order valence-corrected chi connectivity index (χ4v) is 7.87. The highest BCUT2D eigenvalue weighted by atomic mass is 14.9. The van der Waals surface area contributed by atoms with Gasteiger partial charge in [0.25, 0.3) is 0 Å². The zero-order valence-electron chi connectivity index (χ0n) is 30.7. The second-order valence-electron chi connectivity index (χ2n) is 14.2. The van der Waals surface area contributed by atoms with Gasteiger partial charge in [0.1, 0.15) is 0 Å². The quantitative estimate of drug-likeness (QED) is 0.164. The highest BCUT2D eigenvalue weighted by Gasteiger charge is 2.15. The van der Waals surface area contributed by atoms with E-state index in [0.29, 0.717) is 5.82 Å². The van der Waals surface area contributed by atoms with Crippen molar-refractivity contribution in [3.05, 3.63) is 218 Å². The highest BCUT2D eigenvalue weighted by molar-refractivity contribution is 5.99. The number of aromatic nitrogens is 2. The van der Waals surface area contributed by atoms with Crippen LogP contribution in [0.25, 0.3) is 100.0 Å². The molecule has 0 atom stereocenters. The summed E-state index contributed by atoms with van der Waals surface area (Å²) in [6, 6.07) is 77.8. The molecule has 1 heterocycles. The van der Waals surface area contributed by atoms with Gasteiger partial charge >= 0.3 is 0 Å². The van der Waals surface area contributed by atoms with E-state index in [9.17, 15) is 0 Å². The minimum atomic E-state index is 0.684. The first-order chi connectivity index (χ1) is 27.7. The summed E-state index contributed by atoms with van der Waals surface area (Å²) in [5.41, 5.74) is 14.1. The van der Waals surface area contributed by atoms with Gasteiger partial charge in [0, 0.05) is 16.7 Å². The van der Waals surface area contributed by atoms with Crippen molar-refractivity contribution < 1.29 is 0 Å². The van der Waals surface area contributed by atoms with Crippen molar-refractivity contribution in [1.82, 2.24) is 9.97 Å². The Balaban J connectivity index is 1.18. The van der Waals surface area contributed by atoms with E-state index in [2.05, 4.69) is 206 Å². The van der Waals surface area contributed by atoms with E-state index in [1.165, 1.54) is 43.8 Å². The number of rotatable bonds is 7. The number of hydrogen-bond acceptors (Lipinski definition) is 2. The number of fused-ring (bicyclic) bond motifs is 2. The standard InChI is InChI=1S/C54H36N2/c1-3-17-39(18-4-1)52-36-53(40-19-5-2-6-20-40)56-54(55-52)47-34-45(41-23-11-25-43(31-41)50-29-13-21-37-15-7-9-27-48(37)50)33-46(35-47)42-24-12-26-44(32-42)51-30-14-22-38-16-8-10-28-49(38)51/h1-36H. The van der Waals surface area contributed by atoms with Crippen LogP contribution in [0.3, 0.4) is 0 Å². The maximum absolute atomic E-state index is 5.26. The predicted molar refractivity (Wildman–Crippen MR) is 235 cm³/mol. The topological polar surface area (TPSA) is 25.8 Å². The lowest BCUT2D eigenvalue weighted by Gasteiger charge is -2.15. The summed E-state index contributed by atoms with van der Waals surface area (Å²) in [6.45, 7) is 0. The first-order valence-corrected chi connectivity index (χ1v) is 19.1. The molecule has 1 aromatic heterocycles. The Morgan fingerprint density at radius 3 is 1.09 bits per heavy atom. The molecule has 0 unspecified atom stereocenters. The molecule has 0 N–H and O–H groups in total. The van der Waals surface area contributed by atoms with Crippen molar-refractivity contribution in [1.29, 1.82) is 0 Å². The van der Waals surface area contributed by atoms with Crippen LogP contribution in [-0.2, 0) is 0 Å². The van der Waals surface area contributed by atoms with Crippen LogP contribution in [-0.4, -0.2) is 9.97 Å². The Kier molecular flexibility index (Phi) is 8.55.